The van der Waals surface area contributed by atoms with Crippen molar-refractivity contribution in [2.24, 2.45) is 0 Å². The SMILES string of the molecule is CCOC(=O)N1c2cc(OC)c(CSCC)cc2[C@H](N(Cc2cc(C(F)(F)F)cc(C(F)(F)F)c2)C(=O)OC)C[C@@H]1C. The second-order valence-electron chi connectivity index (χ2n) is 9.54. The molecule has 0 spiro atoms. The third-order valence-electron chi connectivity index (χ3n) is 6.77. The Bertz CT molecular complexity index is 1250. The molecule has 0 unspecified atom stereocenters. The Hall–Kier alpha value is -3.29. The van der Waals surface area contributed by atoms with Crippen LogP contribution in [0.5, 0.6) is 5.75 Å². The largest absolute Gasteiger partial charge is 0.496 e. The Kier molecular flexibility index (Phi) is 10.6. The van der Waals surface area contributed by atoms with Crippen molar-refractivity contribution in [1.29, 1.82) is 0 Å². The van der Waals surface area contributed by atoms with Crippen LogP contribution in [0.2, 0.25) is 0 Å². The molecule has 2 aromatic rings. The van der Waals surface area contributed by atoms with Gasteiger partial charge in [0, 0.05) is 30.0 Å². The first-order chi connectivity index (χ1) is 19.7. The summed E-state index contributed by atoms with van der Waals surface area (Å²) in [5.74, 6) is 1.75. The minimum Gasteiger partial charge on any atom is -0.496 e. The number of amides is 2. The molecule has 2 aromatic carbocycles. The molecule has 3 rings (SSSR count). The van der Waals surface area contributed by atoms with Gasteiger partial charge in [0.05, 0.1) is 43.7 Å². The number of benzene rings is 2. The maximum atomic E-state index is 13.6. The monoisotopic (exact) mass is 622 g/mol. The second-order valence-corrected chi connectivity index (χ2v) is 10.8. The molecule has 2 atom stereocenters. The third kappa shape index (κ3) is 7.37. The smallest absolute Gasteiger partial charge is 0.416 e. The molecule has 1 aliphatic rings. The summed E-state index contributed by atoms with van der Waals surface area (Å²) in [5.41, 5.74) is -1.86. The van der Waals surface area contributed by atoms with Gasteiger partial charge in [-0.1, -0.05) is 6.92 Å². The maximum Gasteiger partial charge on any atom is 0.416 e. The molecule has 0 radical (unpaired) electrons. The molecule has 0 saturated heterocycles. The van der Waals surface area contributed by atoms with Gasteiger partial charge in [0.2, 0.25) is 0 Å². The predicted molar refractivity (Wildman–Crippen MR) is 146 cm³/mol. The van der Waals surface area contributed by atoms with Gasteiger partial charge in [0.1, 0.15) is 5.75 Å². The van der Waals surface area contributed by atoms with Crippen molar-refractivity contribution in [2.75, 3.05) is 31.5 Å². The first-order valence-corrected chi connectivity index (χ1v) is 14.2. The van der Waals surface area contributed by atoms with Gasteiger partial charge >= 0.3 is 24.5 Å². The van der Waals surface area contributed by atoms with Crippen LogP contribution in [0.25, 0.3) is 0 Å². The molecule has 0 aromatic heterocycles. The number of methoxy groups -OCH3 is 2. The number of alkyl halides is 6. The zero-order chi connectivity index (χ0) is 31.4. The molecule has 0 aliphatic carbocycles. The highest BCUT2D eigenvalue weighted by Crippen LogP contribution is 2.45. The number of hydrogen-bond donors (Lipinski definition) is 0. The topological polar surface area (TPSA) is 68.3 Å². The van der Waals surface area contributed by atoms with Gasteiger partial charge in [0.25, 0.3) is 0 Å². The molecule has 1 aliphatic heterocycles. The molecule has 14 heteroatoms. The first-order valence-electron chi connectivity index (χ1n) is 13.0. The van der Waals surface area contributed by atoms with Crippen molar-refractivity contribution in [3.8, 4) is 5.75 Å². The second kappa shape index (κ2) is 13.3. The lowest BCUT2D eigenvalue weighted by Crippen LogP contribution is -2.47. The van der Waals surface area contributed by atoms with Gasteiger partial charge < -0.3 is 14.2 Å². The Morgan fingerprint density at radius 2 is 1.62 bits per heavy atom. The standard InChI is InChI=1S/C28H32F6N2O5S/c1-6-41-26(38)36-16(3)8-22(21-11-18(15-42-7-2)24(39-4)13-23(21)36)35(25(37)40-5)14-17-9-19(27(29,30)31)12-20(10-17)28(32,33)34/h9-13,16,22H,6-8,14-15H2,1-5H3/t16-,22+/m0/s1. The van der Waals surface area contributed by atoms with Gasteiger partial charge in [0.15, 0.2) is 0 Å². The lowest BCUT2D eigenvalue weighted by molar-refractivity contribution is -0.143. The van der Waals surface area contributed by atoms with Crippen LogP contribution in [0.15, 0.2) is 30.3 Å². The molecular formula is C28H32F6N2O5S. The minimum atomic E-state index is -5.05. The normalized spacial score (nSPS) is 17.0. The van der Waals surface area contributed by atoms with Crippen LogP contribution >= 0.6 is 11.8 Å². The van der Waals surface area contributed by atoms with Gasteiger partial charge in [-0.3, -0.25) is 9.80 Å². The average molecular weight is 623 g/mol. The number of hydrogen-bond acceptors (Lipinski definition) is 6. The molecule has 0 saturated carbocycles. The summed E-state index contributed by atoms with van der Waals surface area (Å²) in [6.07, 6.45) is -11.6. The number of halogens is 6. The van der Waals surface area contributed by atoms with E-state index in [0.717, 1.165) is 23.3 Å². The number of carbonyl (C=O) groups excluding carboxylic acids is 2. The third-order valence-corrected chi connectivity index (χ3v) is 7.69. The van der Waals surface area contributed by atoms with E-state index in [0.29, 0.717) is 34.9 Å². The zero-order valence-electron chi connectivity index (χ0n) is 23.7. The molecule has 1 heterocycles. The van der Waals surface area contributed by atoms with E-state index in [-0.39, 0.29) is 24.7 Å². The van der Waals surface area contributed by atoms with E-state index in [1.807, 2.05) is 6.92 Å². The Labute approximate surface area is 244 Å². The summed E-state index contributed by atoms with van der Waals surface area (Å²) in [7, 11) is 2.53. The summed E-state index contributed by atoms with van der Waals surface area (Å²) < 4.78 is 97.2. The van der Waals surface area contributed by atoms with Crippen LogP contribution in [-0.4, -0.2) is 49.7 Å². The highest BCUT2D eigenvalue weighted by molar-refractivity contribution is 7.98. The quantitative estimate of drug-likeness (QED) is 0.278. The van der Waals surface area contributed by atoms with Crippen LogP contribution in [-0.2, 0) is 34.1 Å². The Balaban J connectivity index is 2.22. The maximum absolute atomic E-state index is 13.6. The van der Waals surface area contributed by atoms with Crippen molar-refractivity contribution in [3.05, 3.63) is 58.1 Å². The predicted octanol–water partition coefficient (Wildman–Crippen LogP) is 8.05. The first kappa shape index (κ1) is 33.2. The van der Waals surface area contributed by atoms with Crippen LogP contribution < -0.4 is 9.64 Å². The summed E-state index contributed by atoms with van der Waals surface area (Å²) >= 11 is 1.58. The Morgan fingerprint density at radius 1 is 1.00 bits per heavy atom. The average Bonchev–Trinajstić information content (AvgIpc) is 2.92. The van der Waals surface area contributed by atoms with Crippen molar-refractivity contribution in [3.63, 3.8) is 0 Å². The van der Waals surface area contributed by atoms with E-state index in [1.165, 1.54) is 12.0 Å². The van der Waals surface area contributed by atoms with Gasteiger partial charge in [-0.05, 0) is 61.4 Å². The van der Waals surface area contributed by atoms with Gasteiger partial charge in [-0.15, -0.1) is 0 Å². The highest BCUT2D eigenvalue weighted by atomic mass is 32.2. The van der Waals surface area contributed by atoms with E-state index in [2.05, 4.69) is 0 Å². The molecule has 0 fully saturated rings. The van der Waals surface area contributed by atoms with Crippen LogP contribution in [0.4, 0.5) is 41.6 Å². The number of anilines is 1. The number of ether oxygens (including phenoxy) is 3. The van der Waals surface area contributed by atoms with Crippen LogP contribution in [0, 0.1) is 0 Å². The number of carbonyl (C=O) groups is 2. The molecule has 42 heavy (non-hydrogen) atoms. The summed E-state index contributed by atoms with van der Waals surface area (Å²) in [5, 5.41) is 0. The van der Waals surface area contributed by atoms with Crippen LogP contribution in [0.3, 0.4) is 0 Å². The molecular weight excluding hydrogens is 590 g/mol. The lowest BCUT2D eigenvalue weighted by atomic mass is 9.89. The number of nitrogens with zero attached hydrogens (tertiary/aromatic N) is 2. The van der Waals surface area contributed by atoms with E-state index in [1.54, 1.807) is 37.7 Å². The summed E-state index contributed by atoms with van der Waals surface area (Å²) in [6.45, 7) is 4.77. The number of fused-ring (bicyclic) bond motifs is 1. The van der Waals surface area contributed by atoms with Crippen molar-refractivity contribution in [2.45, 2.75) is 63.9 Å². The molecule has 0 bridgehead atoms. The van der Waals surface area contributed by atoms with E-state index in [9.17, 15) is 35.9 Å². The molecule has 0 N–H and O–H groups in total. The fraction of sp³-hybridized carbons (Fsp3) is 0.500. The molecule has 7 nitrogen and oxygen atoms in total. The number of thioether (sulfide) groups is 1. The van der Waals surface area contributed by atoms with Gasteiger partial charge in [-0.2, -0.15) is 38.1 Å². The fourth-order valence-corrected chi connectivity index (χ4v) is 5.56. The van der Waals surface area contributed by atoms with Crippen LogP contribution in [0.1, 0.15) is 61.1 Å². The van der Waals surface area contributed by atoms with E-state index in [4.69, 9.17) is 14.2 Å². The Morgan fingerprint density at radius 3 is 2.12 bits per heavy atom. The summed E-state index contributed by atoms with van der Waals surface area (Å²) in [6, 6.07) is 3.10. The zero-order valence-corrected chi connectivity index (χ0v) is 24.5. The van der Waals surface area contributed by atoms with Crippen molar-refractivity contribution < 1.29 is 50.1 Å². The minimum absolute atomic E-state index is 0.0329. The fourth-order valence-electron chi connectivity index (χ4n) is 4.91. The molecule has 2 amide bonds. The van der Waals surface area contributed by atoms with Crippen molar-refractivity contribution in [1.82, 2.24) is 4.90 Å². The molecule has 232 valence electrons. The van der Waals surface area contributed by atoms with E-state index >= 15 is 0 Å². The van der Waals surface area contributed by atoms with E-state index < -0.39 is 54.3 Å². The van der Waals surface area contributed by atoms with Crippen molar-refractivity contribution >= 4 is 29.6 Å². The van der Waals surface area contributed by atoms with Gasteiger partial charge in [-0.25, -0.2) is 9.59 Å². The summed E-state index contributed by atoms with van der Waals surface area (Å²) in [4.78, 5) is 28.6. The highest BCUT2D eigenvalue weighted by Gasteiger charge is 2.41. The number of rotatable bonds is 8. The lowest BCUT2D eigenvalue weighted by Gasteiger charge is -2.43.